The number of nitro groups is 1. The van der Waals surface area contributed by atoms with E-state index in [1.54, 1.807) is 6.07 Å². The first-order valence-corrected chi connectivity index (χ1v) is 10.4. The summed E-state index contributed by atoms with van der Waals surface area (Å²) in [5, 5.41) is 24.6. The molecule has 8 heteroatoms. The summed E-state index contributed by atoms with van der Waals surface area (Å²) >= 11 is 0. The first-order chi connectivity index (χ1) is 14.4. The standard InChI is InChI=1S/C22H25N3O5/c1-13-19(22(28)24-10-3-2-4-11-24)20(21-15(23-13)6-5-7-18(21)27)14-8-9-17(26)16(12-14)25(29)30/h8-9,12,20,23,26H,2-7,10-11H2,1H3/t20-/m1/s1. The number of aromatic hydroxyl groups is 1. The van der Waals surface area contributed by atoms with Crippen LogP contribution < -0.4 is 5.32 Å². The van der Waals surface area contributed by atoms with Crippen molar-refractivity contribution in [1.29, 1.82) is 0 Å². The molecule has 0 unspecified atom stereocenters. The van der Waals surface area contributed by atoms with Crippen LogP contribution >= 0.6 is 0 Å². The first-order valence-electron chi connectivity index (χ1n) is 10.4. The van der Waals surface area contributed by atoms with Crippen molar-refractivity contribution >= 4 is 17.4 Å². The molecular formula is C22H25N3O5. The smallest absolute Gasteiger partial charge is 0.310 e. The lowest BCUT2D eigenvalue weighted by molar-refractivity contribution is -0.385. The maximum absolute atomic E-state index is 13.5. The fraction of sp³-hybridized carbons (Fsp3) is 0.455. The molecule has 3 aliphatic rings. The molecule has 0 aromatic heterocycles. The van der Waals surface area contributed by atoms with E-state index < -0.39 is 22.3 Å². The minimum atomic E-state index is -0.678. The number of allylic oxidation sites excluding steroid dienone is 3. The fourth-order valence-electron chi connectivity index (χ4n) is 4.73. The highest BCUT2D eigenvalue weighted by Crippen LogP contribution is 2.44. The fourth-order valence-corrected chi connectivity index (χ4v) is 4.73. The third-order valence-electron chi connectivity index (χ3n) is 6.18. The number of amides is 1. The number of benzene rings is 1. The maximum atomic E-state index is 13.5. The molecule has 2 heterocycles. The van der Waals surface area contributed by atoms with Gasteiger partial charge >= 0.3 is 5.69 Å². The number of phenols is 1. The van der Waals surface area contributed by atoms with Crippen LogP contribution in [0.2, 0.25) is 0 Å². The van der Waals surface area contributed by atoms with Gasteiger partial charge in [0.1, 0.15) is 0 Å². The van der Waals surface area contributed by atoms with E-state index in [2.05, 4.69) is 5.32 Å². The molecular weight excluding hydrogens is 386 g/mol. The molecule has 0 bridgehead atoms. The minimum Gasteiger partial charge on any atom is -0.502 e. The molecule has 1 saturated heterocycles. The topological polar surface area (TPSA) is 113 Å². The Bertz CT molecular complexity index is 988. The molecule has 30 heavy (non-hydrogen) atoms. The molecule has 2 N–H and O–H groups in total. The van der Waals surface area contributed by atoms with E-state index in [1.165, 1.54) is 12.1 Å². The highest BCUT2D eigenvalue weighted by atomic mass is 16.6. The van der Waals surface area contributed by atoms with Crippen LogP contribution in [0.1, 0.15) is 56.9 Å². The van der Waals surface area contributed by atoms with Gasteiger partial charge in [-0.3, -0.25) is 19.7 Å². The Balaban J connectivity index is 1.86. The van der Waals surface area contributed by atoms with E-state index in [9.17, 15) is 24.8 Å². The van der Waals surface area contributed by atoms with Crippen LogP contribution in [-0.4, -0.2) is 39.7 Å². The van der Waals surface area contributed by atoms with Crippen molar-refractivity contribution in [2.24, 2.45) is 0 Å². The van der Waals surface area contributed by atoms with E-state index in [-0.39, 0.29) is 11.7 Å². The quantitative estimate of drug-likeness (QED) is 0.583. The highest BCUT2D eigenvalue weighted by molar-refractivity contribution is 6.05. The summed E-state index contributed by atoms with van der Waals surface area (Å²) in [6, 6.07) is 4.12. The zero-order valence-corrected chi connectivity index (χ0v) is 16.9. The molecule has 0 spiro atoms. The van der Waals surface area contributed by atoms with Gasteiger partial charge in [-0.15, -0.1) is 0 Å². The maximum Gasteiger partial charge on any atom is 0.310 e. The van der Waals surface area contributed by atoms with Crippen LogP contribution in [-0.2, 0) is 9.59 Å². The zero-order chi connectivity index (χ0) is 21.4. The van der Waals surface area contributed by atoms with Crippen LogP contribution in [0.15, 0.2) is 40.7 Å². The summed E-state index contributed by atoms with van der Waals surface area (Å²) in [5.74, 6) is -1.29. The van der Waals surface area contributed by atoms with Crippen LogP contribution in [0.3, 0.4) is 0 Å². The number of hydrogen-bond donors (Lipinski definition) is 2. The number of piperidine rings is 1. The first kappa shape index (κ1) is 20.1. The second-order valence-electron chi connectivity index (χ2n) is 8.12. The molecule has 0 radical (unpaired) electrons. The molecule has 1 amide bonds. The van der Waals surface area contributed by atoms with Gasteiger partial charge in [0.05, 0.1) is 4.92 Å². The molecule has 1 aromatic rings. The van der Waals surface area contributed by atoms with Gasteiger partial charge in [-0.25, -0.2) is 0 Å². The molecule has 0 saturated carbocycles. The lowest BCUT2D eigenvalue weighted by Crippen LogP contribution is -2.42. The monoisotopic (exact) mass is 411 g/mol. The number of ketones is 1. The Morgan fingerprint density at radius 2 is 1.93 bits per heavy atom. The Labute approximate surface area is 174 Å². The number of nitrogens with one attached hydrogen (secondary N) is 1. The zero-order valence-electron chi connectivity index (χ0n) is 16.9. The van der Waals surface area contributed by atoms with Gasteiger partial charge in [0.2, 0.25) is 0 Å². The number of likely N-dealkylation sites (tertiary alicyclic amines) is 1. The van der Waals surface area contributed by atoms with Crippen molar-refractivity contribution in [3.05, 3.63) is 56.4 Å². The Kier molecular flexibility index (Phi) is 5.32. The van der Waals surface area contributed by atoms with E-state index in [0.29, 0.717) is 48.3 Å². The molecule has 2 aliphatic heterocycles. The number of dihydropyridines is 1. The average Bonchev–Trinajstić information content (AvgIpc) is 2.73. The van der Waals surface area contributed by atoms with Gasteiger partial charge in [-0.05, 0) is 50.7 Å². The molecule has 1 aromatic carbocycles. The number of nitro benzene ring substituents is 1. The second-order valence-corrected chi connectivity index (χ2v) is 8.12. The van der Waals surface area contributed by atoms with Gasteiger partial charge in [-0.1, -0.05) is 6.07 Å². The summed E-state index contributed by atoms with van der Waals surface area (Å²) in [5.41, 5.74) is 2.50. The molecule has 8 nitrogen and oxygen atoms in total. The van der Waals surface area contributed by atoms with Gasteiger partial charge in [-0.2, -0.15) is 0 Å². The van der Waals surface area contributed by atoms with Crippen molar-refractivity contribution in [2.45, 2.75) is 51.4 Å². The van der Waals surface area contributed by atoms with Gasteiger partial charge in [0, 0.05) is 54.0 Å². The molecule has 1 aliphatic carbocycles. The summed E-state index contributed by atoms with van der Waals surface area (Å²) < 4.78 is 0. The summed E-state index contributed by atoms with van der Waals surface area (Å²) in [6.45, 7) is 3.15. The van der Waals surface area contributed by atoms with Gasteiger partial charge in [0.25, 0.3) is 5.91 Å². The molecule has 1 fully saturated rings. The Hall–Kier alpha value is -3.16. The molecule has 1 atom stereocenters. The van der Waals surface area contributed by atoms with E-state index in [4.69, 9.17) is 0 Å². The van der Waals surface area contributed by atoms with Crippen molar-refractivity contribution in [3.63, 3.8) is 0 Å². The van der Waals surface area contributed by atoms with E-state index in [1.807, 2.05) is 11.8 Å². The van der Waals surface area contributed by atoms with Crippen LogP contribution in [0.5, 0.6) is 5.75 Å². The summed E-state index contributed by atoms with van der Waals surface area (Å²) in [4.78, 5) is 39.0. The normalized spacial score (nSPS) is 22.0. The lowest BCUT2D eigenvalue weighted by Gasteiger charge is -2.37. The predicted octanol–water partition coefficient (Wildman–Crippen LogP) is 3.28. The van der Waals surface area contributed by atoms with E-state index in [0.717, 1.165) is 31.4 Å². The number of nitrogens with zero attached hydrogens (tertiary/aromatic N) is 2. The van der Waals surface area contributed by atoms with Crippen LogP contribution in [0, 0.1) is 10.1 Å². The highest BCUT2D eigenvalue weighted by Gasteiger charge is 2.40. The number of phenolic OH excluding ortho intramolecular Hbond substituents is 1. The number of carbonyl (C=O) groups excluding carboxylic acids is 2. The van der Waals surface area contributed by atoms with Crippen LogP contribution in [0.4, 0.5) is 5.69 Å². The SMILES string of the molecule is CC1=C(C(=O)N2CCCCC2)[C@@H](c2ccc(O)c([N+](=O)[O-])c2)C2=C(CCCC2=O)N1. The van der Waals surface area contributed by atoms with Crippen molar-refractivity contribution in [1.82, 2.24) is 10.2 Å². The largest absolute Gasteiger partial charge is 0.502 e. The Morgan fingerprint density at radius 1 is 1.20 bits per heavy atom. The summed E-state index contributed by atoms with van der Waals surface area (Å²) in [6.07, 6.45) is 4.78. The second kappa shape index (κ2) is 7.93. The van der Waals surface area contributed by atoms with E-state index >= 15 is 0 Å². The number of rotatable bonds is 3. The number of Topliss-reactive ketones (excluding diaryl/α,β-unsaturated/α-hetero) is 1. The Morgan fingerprint density at radius 3 is 2.63 bits per heavy atom. The van der Waals surface area contributed by atoms with Crippen molar-refractivity contribution in [2.75, 3.05) is 13.1 Å². The third-order valence-corrected chi connectivity index (χ3v) is 6.18. The number of carbonyl (C=O) groups is 2. The average molecular weight is 411 g/mol. The number of hydrogen-bond acceptors (Lipinski definition) is 6. The minimum absolute atomic E-state index is 0.0408. The van der Waals surface area contributed by atoms with Crippen molar-refractivity contribution in [3.8, 4) is 5.75 Å². The van der Waals surface area contributed by atoms with Crippen molar-refractivity contribution < 1.29 is 19.6 Å². The predicted molar refractivity (Wildman–Crippen MR) is 110 cm³/mol. The van der Waals surface area contributed by atoms with Crippen LogP contribution in [0.25, 0.3) is 0 Å². The lowest BCUT2D eigenvalue weighted by atomic mass is 9.74. The van der Waals surface area contributed by atoms with Gasteiger partial charge in [0.15, 0.2) is 11.5 Å². The molecule has 158 valence electrons. The van der Waals surface area contributed by atoms with Gasteiger partial charge < -0.3 is 15.3 Å². The third kappa shape index (κ3) is 3.46. The summed E-state index contributed by atoms with van der Waals surface area (Å²) in [7, 11) is 0. The molecule has 4 rings (SSSR count).